The second kappa shape index (κ2) is 11.4. The SMILES string of the molecule is CCOc1nccc2sc(-c3c(C)nc(N[C@H](C)c4ccc(C)cc4)nc3N[C@@H]3C[C@H](CO)[C@@H](O)[C@H]3O)nc12. The minimum Gasteiger partial charge on any atom is -0.476 e. The molecule has 0 saturated heterocycles. The number of nitrogens with zero attached hydrogens (tertiary/aromatic N) is 4. The number of ether oxygens (including phenoxy) is 1. The number of aliphatic hydroxyl groups is 3. The summed E-state index contributed by atoms with van der Waals surface area (Å²) in [6.45, 7) is 8.16. The summed E-state index contributed by atoms with van der Waals surface area (Å²) in [5.41, 5.74) is 4.34. The summed E-state index contributed by atoms with van der Waals surface area (Å²) in [6.07, 6.45) is 0.00244. The Balaban J connectivity index is 1.55. The highest BCUT2D eigenvalue weighted by Gasteiger charge is 2.41. The first-order valence-corrected chi connectivity index (χ1v) is 13.9. The number of anilines is 2. The van der Waals surface area contributed by atoms with Crippen LogP contribution in [0.1, 0.15) is 43.1 Å². The van der Waals surface area contributed by atoms with Crippen molar-refractivity contribution in [2.45, 2.75) is 58.4 Å². The van der Waals surface area contributed by atoms with Crippen molar-refractivity contribution in [3.8, 4) is 16.5 Å². The summed E-state index contributed by atoms with van der Waals surface area (Å²) in [4.78, 5) is 18.8. The highest BCUT2D eigenvalue weighted by atomic mass is 32.1. The van der Waals surface area contributed by atoms with Crippen LogP contribution in [0.4, 0.5) is 11.8 Å². The normalized spacial score (nSPS) is 21.7. The lowest BCUT2D eigenvalue weighted by molar-refractivity contribution is 0.00446. The van der Waals surface area contributed by atoms with Crippen molar-refractivity contribution in [2.24, 2.45) is 5.92 Å². The Bertz CT molecular complexity index is 1450. The van der Waals surface area contributed by atoms with Crippen LogP contribution < -0.4 is 15.4 Å². The Kier molecular flexibility index (Phi) is 7.94. The number of aromatic nitrogens is 4. The number of benzene rings is 1. The van der Waals surface area contributed by atoms with E-state index in [0.717, 1.165) is 10.3 Å². The van der Waals surface area contributed by atoms with Crippen LogP contribution in [0.5, 0.6) is 5.88 Å². The van der Waals surface area contributed by atoms with Crippen LogP contribution in [0.15, 0.2) is 36.5 Å². The molecule has 4 aromatic rings. The Morgan fingerprint density at radius 1 is 1.08 bits per heavy atom. The lowest BCUT2D eigenvalue weighted by atomic mass is 10.1. The number of thiazole rings is 1. The van der Waals surface area contributed by atoms with Gasteiger partial charge in [-0.25, -0.2) is 15.0 Å². The minimum absolute atomic E-state index is 0.0522. The van der Waals surface area contributed by atoms with Gasteiger partial charge >= 0.3 is 0 Å². The number of aryl methyl sites for hydroxylation is 2. The fourth-order valence-electron chi connectivity index (χ4n) is 4.94. The number of hydrogen-bond donors (Lipinski definition) is 5. The van der Waals surface area contributed by atoms with E-state index in [1.165, 1.54) is 16.9 Å². The molecule has 0 bridgehead atoms. The van der Waals surface area contributed by atoms with Gasteiger partial charge in [-0.05, 0) is 45.7 Å². The first kappa shape index (κ1) is 27.2. The lowest BCUT2D eigenvalue weighted by Crippen LogP contribution is -2.35. The zero-order chi connectivity index (χ0) is 27.7. The quantitative estimate of drug-likeness (QED) is 0.208. The van der Waals surface area contributed by atoms with Gasteiger partial charge in [0.1, 0.15) is 22.4 Å². The van der Waals surface area contributed by atoms with Gasteiger partial charge in [-0.15, -0.1) is 11.3 Å². The zero-order valence-corrected chi connectivity index (χ0v) is 23.2. The van der Waals surface area contributed by atoms with E-state index in [0.29, 0.717) is 52.5 Å². The molecule has 0 aliphatic heterocycles. The van der Waals surface area contributed by atoms with Gasteiger partial charge in [-0.1, -0.05) is 29.8 Å². The second-order valence-electron chi connectivity index (χ2n) is 9.96. The first-order chi connectivity index (χ1) is 18.8. The maximum absolute atomic E-state index is 10.7. The van der Waals surface area contributed by atoms with E-state index in [2.05, 4.69) is 46.8 Å². The smallest absolute Gasteiger partial charge is 0.241 e. The molecule has 206 valence electrons. The van der Waals surface area contributed by atoms with Crippen molar-refractivity contribution in [2.75, 3.05) is 23.8 Å². The molecule has 5 atom stereocenters. The molecule has 3 aromatic heterocycles. The van der Waals surface area contributed by atoms with E-state index in [1.807, 2.05) is 26.8 Å². The highest BCUT2D eigenvalue weighted by molar-refractivity contribution is 7.21. The van der Waals surface area contributed by atoms with Gasteiger partial charge in [0.2, 0.25) is 11.8 Å². The average molecular weight is 551 g/mol. The van der Waals surface area contributed by atoms with Gasteiger partial charge in [-0.3, -0.25) is 0 Å². The van der Waals surface area contributed by atoms with E-state index in [1.54, 1.807) is 6.20 Å². The molecule has 0 amide bonds. The standard InChI is InChI=1S/C28H34N6O4S/c1-5-38-26-22-20(10-11-29-26)39-27(33-22)21-16(4)31-28(30-15(3)17-8-6-14(2)7-9-17)34-25(21)32-19-12-18(13-35)23(36)24(19)37/h6-11,15,18-19,23-24,35-37H,5,12-13H2,1-4H3,(H2,30,31,32,34)/t15-,18-,19-,23-,24+/m1/s1. The summed E-state index contributed by atoms with van der Waals surface area (Å²) in [5, 5.41) is 38.2. The summed E-state index contributed by atoms with van der Waals surface area (Å²) >= 11 is 1.48. The van der Waals surface area contributed by atoms with Crippen LogP contribution in [0, 0.1) is 19.8 Å². The molecule has 1 saturated carbocycles. The first-order valence-electron chi connectivity index (χ1n) is 13.1. The third-order valence-corrected chi connectivity index (χ3v) is 8.18. The van der Waals surface area contributed by atoms with Crippen molar-refractivity contribution < 1.29 is 20.1 Å². The van der Waals surface area contributed by atoms with Gasteiger partial charge in [0.05, 0.1) is 40.8 Å². The molecule has 1 fully saturated rings. The zero-order valence-electron chi connectivity index (χ0n) is 22.4. The second-order valence-corrected chi connectivity index (χ2v) is 11.0. The van der Waals surface area contributed by atoms with Crippen LogP contribution in [0.25, 0.3) is 20.8 Å². The summed E-state index contributed by atoms with van der Waals surface area (Å²) in [6, 6.07) is 9.61. The molecule has 39 heavy (non-hydrogen) atoms. The summed E-state index contributed by atoms with van der Waals surface area (Å²) in [7, 11) is 0. The van der Waals surface area contributed by atoms with Crippen LogP contribution in [-0.4, -0.2) is 66.7 Å². The predicted molar refractivity (Wildman–Crippen MR) is 152 cm³/mol. The van der Waals surface area contributed by atoms with E-state index >= 15 is 0 Å². The maximum atomic E-state index is 10.7. The van der Waals surface area contributed by atoms with Gasteiger partial charge in [0.15, 0.2) is 0 Å². The maximum Gasteiger partial charge on any atom is 0.241 e. The van der Waals surface area contributed by atoms with E-state index < -0.39 is 24.2 Å². The molecular formula is C28H34N6O4S. The number of aliphatic hydroxyl groups excluding tert-OH is 3. The molecule has 10 nitrogen and oxygen atoms in total. The van der Waals surface area contributed by atoms with Crippen LogP contribution in [0.2, 0.25) is 0 Å². The van der Waals surface area contributed by atoms with Crippen LogP contribution in [-0.2, 0) is 0 Å². The number of pyridine rings is 1. The monoisotopic (exact) mass is 550 g/mol. The van der Waals surface area contributed by atoms with Crippen LogP contribution in [0.3, 0.4) is 0 Å². The fourth-order valence-corrected chi connectivity index (χ4v) is 5.99. The minimum atomic E-state index is -1.06. The van der Waals surface area contributed by atoms with Gasteiger partial charge in [-0.2, -0.15) is 4.98 Å². The summed E-state index contributed by atoms with van der Waals surface area (Å²) in [5.74, 6) is 0.957. The molecule has 0 radical (unpaired) electrons. The topological polar surface area (TPSA) is 146 Å². The molecule has 0 unspecified atom stereocenters. The summed E-state index contributed by atoms with van der Waals surface area (Å²) < 4.78 is 6.61. The molecule has 5 N–H and O–H groups in total. The molecule has 5 rings (SSSR count). The largest absolute Gasteiger partial charge is 0.476 e. The molecule has 1 aromatic carbocycles. The molecule has 1 aliphatic carbocycles. The number of fused-ring (bicyclic) bond motifs is 1. The third-order valence-electron chi connectivity index (χ3n) is 7.14. The van der Waals surface area contributed by atoms with E-state index in [9.17, 15) is 15.3 Å². The number of rotatable bonds is 9. The van der Waals surface area contributed by atoms with E-state index in [-0.39, 0.29) is 12.6 Å². The highest BCUT2D eigenvalue weighted by Crippen LogP contribution is 2.39. The predicted octanol–water partition coefficient (Wildman–Crippen LogP) is 3.85. The molecule has 0 spiro atoms. The van der Waals surface area contributed by atoms with Gasteiger partial charge in [0, 0.05) is 18.7 Å². The Hall–Kier alpha value is -3.38. The molecular weight excluding hydrogens is 516 g/mol. The lowest BCUT2D eigenvalue weighted by Gasteiger charge is -2.22. The van der Waals surface area contributed by atoms with Crippen molar-refractivity contribution in [1.29, 1.82) is 0 Å². The van der Waals surface area contributed by atoms with Gasteiger partial charge in [0.25, 0.3) is 0 Å². The number of hydrogen-bond acceptors (Lipinski definition) is 11. The molecule has 1 aliphatic rings. The molecule has 3 heterocycles. The van der Waals surface area contributed by atoms with Gasteiger partial charge < -0.3 is 30.7 Å². The average Bonchev–Trinajstić information content (AvgIpc) is 3.46. The van der Waals surface area contributed by atoms with Crippen molar-refractivity contribution >= 4 is 33.3 Å². The van der Waals surface area contributed by atoms with Crippen molar-refractivity contribution in [1.82, 2.24) is 19.9 Å². The van der Waals surface area contributed by atoms with Crippen molar-refractivity contribution in [3.05, 3.63) is 53.3 Å². The Morgan fingerprint density at radius 2 is 1.85 bits per heavy atom. The van der Waals surface area contributed by atoms with Crippen LogP contribution >= 0.6 is 11.3 Å². The Morgan fingerprint density at radius 3 is 2.54 bits per heavy atom. The fraction of sp³-hybridized carbons (Fsp3) is 0.429. The molecule has 11 heteroatoms. The Labute approximate surface area is 231 Å². The van der Waals surface area contributed by atoms with E-state index in [4.69, 9.17) is 19.7 Å². The van der Waals surface area contributed by atoms with Crippen molar-refractivity contribution in [3.63, 3.8) is 0 Å². The third kappa shape index (κ3) is 5.53. The number of nitrogens with one attached hydrogen (secondary N) is 2.